The third-order valence-electron chi connectivity index (χ3n) is 2.74. The smallest absolute Gasteiger partial charge is 0.329 e. The molecule has 2 rings (SSSR count). The minimum atomic E-state index is -0.903. The summed E-state index contributed by atoms with van der Waals surface area (Å²) in [5.41, 5.74) is -0.874. The summed E-state index contributed by atoms with van der Waals surface area (Å²) < 4.78 is 27.6. The Bertz CT molecular complexity index is 740. The van der Waals surface area contributed by atoms with Crippen molar-refractivity contribution in [2.45, 2.75) is 13.8 Å². The van der Waals surface area contributed by atoms with E-state index in [0.717, 1.165) is 6.07 Å². The van der Waals surface area contributed by atoms with Gasteiger partial charge in [-0.25, -0.2) is 13.8 Å². The van der Waals surface area contributed by atoms with E-state index in [1.165, 1.54) is 19.9 Å². The lowest BCUT2D eigenvalue weighted by Gasteiger charge is -2.10. The third kappa shape index (κ3) is 2.89. The molecule has 0 fully saturated rings. The Morgan fingerprint density at radius 1 is 1.29 bits per heavy atom. The average Bonchev–Trinajstić information content (AvgIpc) is 2.38. The van der Waals surface area contributed by atoms with Gasteiger partial charge < -0.3 is 5.32 Å². The van der Waals surface area contributed by atoms with Crippen molar-refractivity contribution in [2.24, 2.45) is 0 Å². The van der Waals surface area contributed by atoms with Crippen molar-refractivity contribution in [2.75, 3.05) is 5.32 Å². The minimum Gasteiger partial charge on any atom is -0.329 e. The van der Waals surface area contributed by atoms with E-state index in [4.69, 9.17) is 11.6 Å². The average molecular weight is 315 g/mol. The number of nitrogens with one attached hydrogen (secondary N) is 1. The van der Waals surface area contributed by atoms with E-state index in [2.05, 4.69) is 15.3 Å². The predicted octanol–water partition coefficient (Wildman–Crippen LogP) is 3.68. The molecule has 0 radical (unpaired) electrons. The Labute approximate surface area is 122 Å². The second kappa shape index (κ2) is 5.57. The van der Waals surface area contributed by atoms with Gasteiger partial charge in [0.2, 0.25) is 11.1 Å². The Morgan fingerprint density at radius 3 is 2.57 bits per heavy atom. The number of rotatable bonds is 3. The summed E-state index contributed by atoms with van der Waals surface area (Å²) in [4.78, 5) is 17.6. The normalized spacial score (nSPS) is 10.5. The van der Waals surface area contributed by atoms with E-state index < -0.39 is 27.9 Å². The zero-order valence-corrected chi connectivity index (χ0v) is 11.7. The number of aryl methyl sites for hydroxylation is 2. The number of aromatic nitrogens is 2. The molecule has 0 saturated carbocycles. The van der Waals surface area contributed by atoms with Crippen LogP contribution in [0.25, 0.3) is 0 Å². The van der Waals surface area contributed by atoms with Gasteiger partial charge in [-0.1, -0.05) is 6.07 Å². The first-order valence-corrected chi connectivity index (χ1v) is 6.09. The maximum atomic E-state index is 13.9. The summed E-state index contributed by atoms with van der Waals surface area (Å²) in [6.07, 6.45) is 0. The number of hydrogen-bond donors (Lipinski definition) is 1. The highest BCUT2D eigenvalue weighted by Crippen LogP contribution is 2.32. The Hall–Kier alpha value is -2.35. The van der Waals surface area contributed by atoms with Gasteiger partial charge in [-0.05, 0) is 37.1 Å². The first-order valence-electron chi connectivity index (χ1n) is 5.71. The molecule has 0 unspecified atom stereocenters. The number of hydrogen-bond acceptors (Lipinski definition) is 5. The summed E-state index contributed by atoms with van der Waals surface area (Å²) >= 11 is 5.63. The summed E-state index contributed by atoms with van der Waals surface area (Å²) in [6.45, 7) is 2.78. The highest BCUT2D eigenvalue weighted by molar-refractivity contribution is 6.28. The van der Waals surface area contributed by atoms with Gasteiger partial charge in [0.1, 0.15) is 17.2 Å². The van der Waals surface area contributed by atoms with Crippen LogP contribution in [0.4, 0.5) is 26.0 Å². The van der Waals surface area contributed by atoms with Crippen molar-refractivity contribution in [1.82, 2.24) is 9.97 Å². The van der Waals surface area contributed by atoms with Crippen LogP contribution >= 0.6 is 11.6 Å². The second-order valence-corrected chi connectivity index (χ2v) is 4.55. The summed E-state index contributed by atoms with van der Waals surface area (Å²) in [7, 11) is 0. The van der Waals surface area contributed by atoms with Crippen molar-refractivity contribution in [3.8, 4) is 0 Å². The molecule has 0 atom stereocenters. The van der Waals surface area contributed by atoms with Crippen LogP contribution < -0.4 is 5.32 Å². The van der Waals surface area contributed by atoms with Crippen LogP contribution in [0, 0.1) is 35.6 Å². The molecule has 110 valence electrons. The number of benzene rings is 1. The second-order valence-electron chi connectivity index (χ2n) is 4.21. The van der Waals surface area contributed by atoms with E-state index in [1.54, 1.807) is 0 Å². The molecule has 1 heterocycles. The molecule has 0 saturated heterocycles. The van der Waals surface area contributed by atoms with Crippen LogP contribution in [-0.4, -0.2) is 14.9 Å². The fraction of sp³-hybridized carbons (Fsp3) is 0.167. The van der Waals surface area contributed by atoms with Crippen LogP contribution in [0.5, 0.6) is 0 Å². The van der Waals surface area contributed by atoms with Gasteiger partial charge in [-0.15, -0.1) is 0 Å². The highest BCUT2D eigenvalue weighted by atomic mass is 35.5. The van der Waals surface area contributed by atoms with E-state index in [1.807, 2.05) is 0 Å². The quantitative estimate of drug-likeness (QED) is 0.531. The van der Waals surface area contributed by atoms with Gasteiger partial charge in [0.25, 0.3) is 0 Å². The van der Waals surface area contributed by atoms with Crippen LogP contribution in [0.1, 0.15) is 11.3 Å². The van der Waals surface area contributed by atoms with Crippen molar-refractivity contribution in [3.05, 3.63) is 50.4 Å². The lowest BCUT2D eigenvalue weighted by atomic mass is 10.2. The van der Waals surface area contributed by atoms with E-state index in [9.17, 15) is 18.9 Å². The molecule has 1 N–H and O–H groups in total. The standard InChI is InChI=1S/C12H9ClF2N4O2/c1-5-3-4-7(14)9(8(5)15)17-11-10(19(20)21)6(2)16-12(13)18-11/h3-4H,1-2H3,(H,16,17,18). The van der Waals surface area contributed by atoms with Crippen LogP contribution in [0.2, 0.25) is 5.28 Å². The van der Waals surface area contributed by atoms with Crippen molar-refractivity contribution in [3.63, 3.8) is 0 Å². The Balaban J connectivity index is 2.60. The summed E-state index contributed by atoms with van der Waals surface area (Å²) in [5, 5.41) is 13.1. The number of halogens is 3. The van der Waals surface area contributed by atoms with Gasteiger partial charge in [-0.3, -0.25) is 10.1 Å². The SMILES string of the molecule is Cc1ccc(F)c(Nc2nc(Cl)nc(C)c2[N+](=O)[O-])c1F. The van der Waals surface area contributed by atoms with Gasteiger partial charge in [0.05, 0.1) is 4.92 Å². The van der Waals surface area contributed by atoms with Gasteiger partial charge in [0.15, 0.2) is 5.82 Å². The third-order valence-corrected chi connectivity index (χ3v) is 2.91. The fourth-order valence-electron chi connectivity index (χ4n) is 1.73. The number of nitrogens with zero attached hydrogens (tertiary/aromatic N) is 3. The van der Waals surface area contributed by atoms with Gasteiger partial charge in [-0.2, -0.15) is 4.98 Å². The number of nitro groups is 1. The predicted molar refractivity (Wildman–Crippen MR) is 72.8 cm³/mol. The molecule has 0 amide bonds. The first kappa shape index (κ1) is 15.0. The molecule has 0 aliphatic rings. The molecule has 0 bridgehead atoms. The molecule has 0 spiro atoms. The zero-order valence-electron chi connectivity index (χ0n) is 10.9. The van der Waals surface area contributed by atoms with E-state index in [-0.39, 0.29) is 22.4 Å². The molecule has 1 aromatic heterocycles. The molecule has 1 aromatic carbocycles. The van der Waals surface area contributed by atoms with E-state index >= 15 is 0 Å². The molecule has 0 aliphatic heterocycles. The zero-order chi connectivity index (χ0) is 15.7. The Morgan fingerprint density at radius 2 is 1.95 bits per heavy atom. The first-order chi connectivity index (χ1) is 9.81. The van der Waals surface area contributed by atoms with Crippen LogP contribution in [0.3, 0.4) is 0 Å². The lowest BCUT2D eigenvalue weighted by molar-refractivity contribution is -0.385. The van der Waals surface area contributed by atoms with E-state index in [0.29, 0.717) is 0 Å². The minimum absolute atomic E-state index is 0.0176. The van der Waals surface area contributed by atoms with Crippen LogP contribution in [0.15, 0.2) is 12.1 Å². The van der Waals surface area contributed by atoms with Crippen molar-refractivity contribution >= 4 is 28.8 Å². The Kier molecular flexibility index (Phi) is 3.99. The molecular formula is C12H9ClF2N4O2. The monoisotopic (exact) mass is 314 g/mol. The number of anilines is 2. The van der Waals surface area contributed by atoms with Gasteiger partial charge in [0, 0.05) is 0 Å². The van der Waals surface area contributed by atoms with Crippen molar-refractivity contribution in [1.29, 1.82) is 0 Å². The highest BCUT2D eigenvalue weighted by Gasteiger charge is 2.24. The molecular weight excluding hydrogens is 306 g/mol. The maximum Gasteiger partial charge on any atom is 0.332 e. The van der Waals surface area contributed by atoms with Gasteiger partial charge >= 0.3 is 5.69 Å². The summed E-state index contributed by atoms with van der Waals surface area (Å²) in [6, 6.07) is 2.30. The maximum absolute atomic E-state index is 13.9. The molecule has 6 nitrogen and oxygen atoms in total. The fourth-order valence-corrected chi connectivity index (χ4v) is 1.94. The molecule has 0 aliphatic carbocycles. The molecule has 21 heavy (non-hydrogen) atoms. The van der Waals surface area contributed by atoms with Crippen LogP contribution in [-0.2, 0) is 0 Å². The topological polar surface area (TPSA) is 81.0 Å². The molecule has 9 heteroatoms. The largest absolute Gasteiger partial charge is 0.332 e. The lowest BCUT2D eigenvalue weighted by Crippen LogP contribution is -2.07. The molecule has 2 aromatic rings. The summed E-state index contributed by atoms with van der Waals surface area (Å²) in [5.74, 6) is -2.14. The van der Waals surface area contributed by atoms with Crippen molar-refractivity contribution < 1.29 is 13.7 Å².